The third-order valence-electron chi connectivity index (χ3n) is 2.93. The lowest BCUT2D eigenvalue weighted by molar-refractivity contribution is 0.0508. The SMILES string of the molecule is C[C@H](NC(=O)OC(C)(C)C)c1ccc(C(=S)NC[S+](C)C)cc1. The summed E-state index contributed by atoms with van der Waals surface area (Å²) in [5.41, 5.74) is 1.49. The molecule has 0 aliphatic carbocycles. The molecular weight excluding hydrogens is 328 g/mol. The number of hydrogen-bond acceptors (Lipinski definition) is 3. The second-order valence-electron chi connectivity index (χ2n) is 6.63. The highest BCUT2D eigenvalue weighted by Gasteiger charge is 2.18. The first kappa shape index (κ1) is 19.8. The van der Waals surface area contributed by atoms with Crippen molar-refractivity contribution >= 4 is 34.2 Å². The number of amides is 1. The average Bonchev–Trinajstić information content (AvgIpc) is 2.42. The molecule has 0 heterocycles. The smallest absolute Gasteiger partial charge is 0.408 e. The number of carbonyl (C=O) groups excluding carboxylic acids is 1. The molecule has 0 bridgehead atoms. The zero-order valence-electron chi connectivity index (χ0n) is 14.7. The van der Waals surface area contributed by atoms with Crippen LogP contribution in [0.2, 0.25) is 0 Å². The van der Waals surface area contributed by atoms with Crippen LogP contribution < -0.4 is 10.6 Å². The molecule has 6 heteroatoms. The van der Waals surface area contributed by atoms with E-state index in [1.807, 2.05) is 52.0 Å². The Morgan fingerprint density at radius 2 is 1.83 bits per heavy atom. The Morgan fingerprint density at radius 1 is 1.26 bits per heavy atom. The predicted octanol–water partition coefficient (Wildman–Crippen LogP) is 3.37. The van der Waals surface area contributed by atoms with E-state index in [9.17, 15) is 4.79 Å². The van der Waals surface area contributed by atoms with E-state index in [2.05, 4.69) is 23.1 Å². The molecule has 0 unspecified atom stereocenters. The summed E-state index contributed by atoms with van der Waals surface area (Å²) in [6.45, 7) is 7.46. The van der Waals surface area contributed by atoms with Gasteiger partial charge in [-0.15, -0.1) is 0 Å². The summed E-state index contributed by atoms with van der Waals surface area (Å²) >= 11 is 5.38. The normalized spacial score (nSPS) is 12.7. The molecule has 1 atom stereocenters. The molecule has 0 aliphatic rings. The lowest BCUT2D eigenvalue weighted by Crippen LogP contribution is -2.34. The van der Waals surface area contributed by atoms with Gasteiger partial charge in [0.2, 0.25) is 0 Å². The van der Waals surface area contributed by atoms with Gasteiger partial charge in [-0.3, -0.25) is 0 Å². The number of rotatable bonds is 5. The van der Waals surface area contributed by atoms with Crippen LogP contribution in [0.3, 0.4) is 0 Å². The molecule has 0 saturated heterocycles. The fourth-order valence-electron chi connectivity index (χ4n) is 1.80. The van der Waals surface area contributed by atoms with E-state index in [0.717, 1.165) is 22.0 Å². The molecule has 0 spiro atoms. The van der Waals surface area contributed by atoms with Gasteiger partial charge in [-0.25, -0.2) is 4.79 Å². The van der Waals surface area contributed by atoms with Crippen molar-refractivity contribution in [3.05, 3.63) is 35.4 Å². The summed E-state index contributed by atoms with van der Waals surface area (Å²) < 4.78 is 5.27. The van der Waals surface area contributed by atoms with Crippen LogP contribution in [0.25, 0.3) is 0 Å². The zero-order valence-corrected chi connectivity index (χ0v) is 16.4. The molecule has 0 aromatic heterocycles. The summed E-state index contributed by atoms with van der Waals surface area (Å²) in [6, 6.07) is 7.77. The Balaban J connectivity index is 2.62. The second-order valence-corrected chi connectivity index (χ2v) is 9.29. The highest BCUT2D eigenvalue weighted by atomic mass is 32.2. The van der Waals surface area contributed by atoms with Crippen molar-refractivity contribution in [1.82, 2.24) is 10.6 Å². The van der Waals surface area contributed by atoms with E-state index in [1.54, 1.807) is 0 Å². The van der Waals surface area contributed by atoms with Crippen LogP contribution >= 0.6 is 12.2 Å². The van der Waals surface area contributed by atoms with Gasteiger partial charge in [0.25, 0.3) is 0 Å². The monoisotopic (exact) mass is 355 g/mol. The second kappa shape index (κ2) is 8.55. The third-order valence-corrected chi connectivity index (χ3v) is 4.03. The van der Waals surface area contributed by atoms with Crippen molar-refractivity contribution in [1.29, 1.82) is 0 Å². The number of alkyl carbamates (subject to hydrolysis) is 1. The van der Waals surface area contributed by atoms with Gasteiger partial charge in [-0.05, 0) is 33.3 Å². The van der Waals surface area contributed by atoms with Crippen LogP contribution in [0.15, 0.2) is 24.3 Å². The molecule has 4 nitrogen and oxygen atoms in total. The number of benzene rings is 1. The molecule has 1 aromatic carbocycles. The molecule has 2 N–H and O–H groups in total. The third kappa shape index (κ3) is 7.70. The van der Waals surface area contributed by atoms with Crippen LogP contribution in [-0.2, 0) is 15.6 Å². The van der Waals surface area contributed by atoms with Crippen LogP contribution in [0.4, 0.5) is 4.79 Å². The lowest BCUT2D eigenvalue weighted by Gasteiger charge is -2.22. The van der Waals surface area contributed by atoms with Gasteiger partial charge in [0.15, 0.2) is 5.88 Å². The van der Waals surface area contributed by atoms with E-state index in [4.69, 9.17) is 17.0 Å². The molecule has 0 aliphatic heterocycles. The van der Waals surface area contributed by atoms with Gasteiger partial charge in [0.1, 0.15) is 10.6 Å². The predicted molar refractivity (Wildman–Crippen MR) is 103 cm³/mol. The van der Waals surface area contributed by atoms with Crippen LogP contribution in [-0.4, -0.2) is 35.1 Å². The molecule has 1 amide bonds. The zero-order chi connectivity index (χ0) is 17.6. The Bertz CT molecular complexity index is 537. The Morgan fingerprint density at radius 3 is 2.30 bits per heavy atom. The van der Waals surface area contributed by atoms with Gasteiger partial charge in [0.05, 0.1) is 18.6 Å². The Hall–Kier alpha value is -1.27. The Labute approximate surface area is 147 Å². The fourth-order valence-corrected chi connectivity index (χ4v) is 2.54. The quantitative estimate of drug-likeness (QED) is 0.628. The first-order valence-corrected chi connectivity index (χ1v) is 10.1. The van der Waals surface area contributed by atoms with E-state index in [1.165, 1.54) is 0 Å². The molecule has 0 fully saturated rings. The maximum atomic E-state index is 11.8. The molecule has 0 radical (unpaired) electrons. The molecule has 1 rings (SSSR count). The van der Waals surface area contributed by atoms with Gasteiger partial charge >= 0.3 is 6.09 Å². The van der Waals surface area contributed by atoms with E-state index < -0.39 is 11.7 Å². The minimum Gasteiger partial charge on any atom is -0.444 e. The lowest BCUT2D eigenvalue weighted by atomic mass is 10.1. The highest BCUT2D eigenvalue weighted by molar-refractivity contribution is 7.95. The topological polar surface area (TPSA) is 50.4 Å². The van der Waals surface area contributed by atoms with Gasteiger partial charge < -0.3 is 15.4 Å². The fraction of sp³-hybridized carbons (Fsp3) is 0.529. The summed E-state index contributed by atoms with van der Waals surface area (Å²) in [4.78, 5) is 12.6. The summed E-state index contributed by atoms with van der Waals surface area (Å²) in [5.74, 6) is 0.886. The number of ether oxygens (including phenoxy) is 1. The van der Waals surface area contributed by atoms with Crippen molar-refractivity contribution in [3.63, 3.8) is 0 Å². The summed E-state index contributed by atoms with van der Waals surface area (Å²) in [6.07, 6.45) is 3.93. The van der Waals surface area contributed by atoms with Crippen LogP contribution in [0.1, 0.15) is 44.9 Å². The molecule has 1 aromatic rings. The van der Waals surface area contributed by atoms with Crippen LogP contribution in [0, 0.1) is 0 Å². The maximum Gasteiger partial charge on any atom is 0.408 e. The van der Waals surface area contributed by atoms with Gasteiger partial charge in [-0.2, -0.15) is 0 Å². The first-order valence-electron chi connectivity index (χ1n) is 7.50. The minimum absolute atomic E-state index is 0.127. The van der Waals surface area contributed by atoms with Gasteiger partial charge in [0, 0.05) is 16.5 Å². The van der Waals surface area contributed by atoms with E-state index >= 15 is 0 Å². The highest BCUT2D eigenvalue weighted by Crippen LogP contribution is 2.15. The molecule has 0 saturated carbocycles. The van der Waals surface area contributed by atoms with E-state index in [0.29, 0.717) is 10.9 Å². The standard InChI is InChI=1S/C17H26N2O2S2/c1-12(19-16(20)21-17(2,3)4)13-7-9-14(10-8-13)15(22)18-11-23(5)6/h7-10,12H,11H2,1-6H3,(H-,18,19,20,22)/p+1/t12-/m0/s1. The minimum atomic E-state index is -0.497. The van der Waals surface area contributed by atoms with Crippen molar-refractivity contribution in [2.45, 2.75) is 39.3 Å². The Kier molecular flexibility index (Phi) is 7.35. The number of carbonyl (C=O) groups is 1. The van der Waals surface area contributed by atoms with Crippen molar-refractivity contribution in [3.8, 4) is 0 Å². The molecule has 23 heavy (non-hydrogen) atoms. The van der Waals surface area contributed by atoms with Crippen molar-refractivity contribution in [2.24, 2.45) is 0 Å². The maximum absolute atomic E-state index is 11.8. The molecule has 128 valence electrons. The van der Waals surface area contributed by atoms with Crippen molar-refractivity contribution < 1.29 is 9.53 Å². The number of thiocarbonyl (C=S) groups is 1. The number of hydrogen-bond donors (Lipinski definition) is 2. The van der Waals surface area contributed by atoms with E-state index in [-0.39, 0.29) is 6.04 Å². The number of nitrogens with one attached hydrogen (secondary N) is 2. The first-order chi connectivity index (χ1) is 10.6. The van der Waals surface area contributed by atoms with Crippen LogP contribution in [0.5, 0.6) is 0 Å². The average molecular weight is 356 g/mol. The largest absolute Gasteiger partial charge is 0.444 e. The van der Waals surface area contributed by atoms with Gasteiger partial charge in [-0.1, -0.05) is 36.5 Å². The summed E-state index contributed by atoms with van der Waals surface area (Å²) in [5, 5.41) is 6.09. The molecular formula is C17H27N2O2S2+. The summed E-state index contributed by atoms with van der Waals surface area (Å²) in [7, 11) is 0.303. The van der Waals surface area contributed by atoms with Crippen molar-refractivity contribution in [2.75, 3.05) is 18.4 Å².